The van der Waals surface area contributed by atoms with Crippen molar-refractivity contribution < 1.29 is 9.72 Å². The number of amides is 1. The highest BCUT2D eigenvalue weighted by molar-refractivity contribution is 7.13. The van der Waals surface area contributed by atoms with Crippen molar-refractivity contribution in [1.29, 1.82) is 0 Å². The Morgan fingerprint density at radius 3 is 2.81 bits per heavy atom. The summed E-state index contributed by atoms with van der Waals surface area (Å²) < 4.78 is 0. The smallest absolute Gasteiger partial charge is 0.267 e. The molecule has 0 unspecified atom stereocenters. The average molecular weight is 344 g/mol. The molecule has 0 aliphatic rings. The fourth-order valence-corrected chi connectivity index (χ4v) is 2.45. The lowest BCUT2D eigenvalue weighted by atomic mass is 10.2. The van der Waals surface area contributed by atoms with Crippen LogP contribution in [-0.4, -0.2) is 17.0 Å². The van der Waals surface area contributed by atoms with Crippen molar-refractivity contribution in [3.8, 4) is 0 Å². The Labute approximate surface area is 133 Å². The summed E-state index contributed by atoms with van der Waals surface area (Å²) >= 11 is 12.6. The zero-order chi connectivity index (χ0) is 15.4. The first-order valence-corrected chi connectivity index (χ1v) is 7.12. The second-order valence-electron chi connectivity index (χ2n) is 3.80. The van der Waals surface area contributed by atoms with Crippen molar-refractivity contribution in [2.45, 2.75) is 0 Å². The number of halogens is 2. The van der Waals surface area contributed by atoms with Crippen molar-refractivity contribution in [2.24, 2.45) is 5.10 Å². The minimum absolute atomic E-state index is 0.000613. The van der Waals surface area contributed by atoms with Gasteiger partial charge in [-0.1, -0.05) is 34.5 Å². The van der Waals surface area contributed by atoms with Gasteiger partial charge in [0.25, 0.3) is 5.91 Å². The molecule has 0 atom stereocenters. The van der Waals surface area contributed by atoms with E-state index in [1.54, 1.807) is 11.4 Å². The lowest BCUT2D eigenvalue weighted by molar-refractivity contribution is -0.380. The summed E-state index contributed by atoms with van der Waals surface area (Å²) in [6, 6.07) is 5.84. The molecule has 1 heterocycles. The van der Waals surface area contributed by atoms with Crippen LogP contribution in [0.15, 0.2) is 34.7 Å². The van der Waals surface area contributed by atoms with Crippen molar-refractivity contribution in [2.75, 3.05) is 0 Å². The van der Waals surface area contributed by atoms with Crippen LogP contribution in [0.3, 0.4) is 0 Å². The van der Waals surface area contributed by atoms with E-state index >= 15 is 0 Å². The van der Waals surface area contributed by atoms with Gasteiger partial charge in [-0.2, -0.15) is 5.10 Å². The quantitative estimate of drug-likeness (QED) is 0.521. The number of nitrogens with zero attached hydrogens (tertiary/aromatic N) is 2. The number of benzene rings is 1. The topological polar surface area (TPSA) is 84.6 Å². The molecule has 1 amide bonds. The largest absolute Gasteiger partial charge is 0.324 e. The van der Waals surface area contributed by atoms with Gasteiger partial charge in [0.15, 0.2) is 0 Å². The van der Waals surface area contributed by atoms with Gasteiger partial charge in [0.2, 0.25) is 0 Å². The third kappa shape index (κ3) is 4.01. The minimum atomic E-state index is -0.525. The normalized spacial score (nSPS) is 10.8. The van der Waals surface area contributed by atoms with Gasteiger partial charge in [0.05, 0.1) is 21.7 Å². The van der Waals surface area contributed by atoms with Gasteiger partial charge in [-0.25, -0.2) is 5.43 Å². The van der Waals surface area contributed by atoms with E-state index in [1.165, 1.54) is 24.4 Å². The van der Waals surface area contributed by atoms with Crippen molar-refractivity contribution in [3.63, 3.8) is 0 Å². The van der Waals surface area contributed by atoms with Gasteiger partial charge in [-0.3, -0.25) is 14.9 Å². The lowest BCUT2D eigenvalue weighted by Crippen LogP contribution is -2.18. The van der Waals surface area contributed by atoms with E-state index in [9.17, 15) is 14.9 Å². The molecule has 1 aromatic heterocycles. The highest BCUT2D eigenvalue weighted by Crippen LogP contribution is 2.22. The monoisotopic (exact) mass is 343 g/mol. The van der Waals surface area contributed by atoms with E-state index in [-0.39, 0.29) is 15.6 Å². The molecule has 0 saturated carbocycles. The Kier molecular flexibility index (Phi) is 4.89. The summed E-state index contributed by atoms with van der Waals surface area (Å²) in [5.41, 5.74) is 2.99. The summed E-state index contributed by atoms with van der Waals surface area (Å²) in [6.07, 6.45) is 1.31. The molecule has 108 valence electrons. The molecule has 21 heavy (non-hydrogen) atoms. The Bertz CT molecular complexity index is 730. The van der Waals surface area contributed by atoms with Gasteiger partial charge in [0, 0.05) is 22.0 Å². The van der Waals surface area contributed by atoms with Crippen LogP contribution in [-0.2, 0) is 0 Å². The van der Waals surface area contributed by atoms with Crippen LogP contribution in [0.1, 0.15) is 15.9 Å². The molecule has 6 nitrogen and oxygen atoms in total. The molecule has 9 heteroatoms. The fourth-order valence-electron chi connectivity index (χ4n) is 1.40. The molecular weight excluding hydrogens is 337 g/mol. The lowest BCUT2D eigenvalue weighted by Gasteiger charge is -2.02. The Morgan fingerprint density at radius 1 is 1.38 bits per heavy atom. The molecule has 2 rings (SSSR count). The zero-order valence-electron chi connectivity index (χ0n) is 10.2. The second kappa shape index (κ2) is 6.66. The summed E-state index contributed by atoms with van der Waals surface area (Å²) in [7, 11) is 0. The summed E-state index contributed by atoms with van der Waals surface area (Å²) in [5.74, 6) is -0.525. The predicted molar refractivity (Wildman–Crippen MR) is 82.5 cm³/mol. The zero-order valence-corrected chi connectivity index (χ0v) is 12.6. The summed E-state index contributed by atoms with van der Waals surface area (Å²) in [6.45, 7) is 0. The molecule has 2 aromatic rings. The van der Waals surface area contributed by atoms with Gasteiger partial charge in [-0.05, 0) is 18.2 Å². The van der Waals surface area contributed by atoms with Gasteiger partial charge < -0.3 is 0 Å². The molecule has 0 aliphatic carbocycles. The number of hydrazone groups is 1. The third-order valence-electron chi connectivity index (χ3n) is 2.34. The molecule has 0 spiro atoms. The first kappa shape index (κ1) is 15.4. The summed E-state index contributed by atoms with van der Waals surface area (Å²) in [4.78, 5) is 21.9. The minimum Gasteiger partial charge on any atom is -0.267 e. The van der Waals surface area contributed by atoms with Crippen molar-refractivity contribution in [1.82, 2.24) is 5.43 Å². The van der Waals surface area contributed by atoms with Crippen LogP contribution in [0.5, 0.6) is 0 Å². The van der Waals surface area contributed by atoms with Crippen LogP contribution in [0, 0.1) is 10.1 Å². The SMILES string of the molecule is O=C(N/N=C/c1csc([N+](=O)[O-])c1)c1cc(Cl)ccc1Cl. The number of carbonyl (C=O) groups excluding carboxylic acids is 1. The van der Waals surface area contributed by atoms with Gasteiger partial charge >= 0.3 is 5.00 Å². The molecule has 0 radical (unpaired) electrons. The molecule has 0 fully saturated rings. The number of thiophene rings is 1. The standard InChI is InChI=1S/C12H7Cl2N3O3S/c13-8-1-2-10(14)9(4-8)12(18)16-15-5-7-3-11(17(19)20)21-6-7/h1-6H,(H,16,18)/b15-5+. The van der Waals surface area contributed by atoms with Crippen LogP contribution in [0.25, 0.3) is 0 Å². The van der Waals surface area contributed by atoms with Crippen molar-refractivity contribution >= 4 is 51.7 Å². The number of rotatable bonds is 4. The molecule has 0 aliphatic heterocycles. The maximum atomic E-state index is 11.8. The van der Waals surface area contributed by atoms with Crippen LogP contribution >= 0.6 is 34.5 Å². The number of nitrogens with one attached hydrogen (secondary N) is 1. The van der Waals surface area contributed by atoms with Crippen LogP contribution in [0.4, 0.5) is 5.00 Å². The molecule has 1 aromatic carbocycles. The maximum Gasteiger partial charge on any atom is 0.324 e. The van der Waals surface area contributed by atoms with Crippen LogP contribution < -0.4 is 5.43 Å². The number of carbonyl (C=O) groups is 1. The van der Waals surface area contributed by atoms with E-state index < -0.39 is 10.8 Å². The molecule has 0 bridgehead atoms. The van der Waals surface area contributed by atoms with E-state index in [2.05, 4.69) is 10.5 Å². The highest BCUT2D eigenvalue weighted by Gasteiger charge is 2.11. The van der Waals surface area contributed by atoms with Gasteiger partial charge in [-0.15, -0.1) is 0 Å². The summed E-state index contributed by atoms with van der Waals surface area (Å²) in [5, 5.41) is 16.4. The first-order chi connectivity index (χ1) is 9.97. The maximum absolute atomic E-state index is 11.8. The predicted octanol–water partition coefficient (Wildman–Crippen LogP) is 3.73. The fraction of sp³-hybridized carbons (Fsp3) is 0. The number of nitro groups is 1. The molecule has 0 saturated heterocycles. The Morgan fingerprint density at radius 2 is 2.14 bits per heavy atom. The van der Waals surface area contributed by atoms with E-state index in [0.29, 0.717) is 10.6 Å². The average Bonchev–Trinajstić information content (AvgIpc) is 2.90. The van der Waals surface area contributed by atoms with E-state index in [4.69, 9.17) is 23.2 Å². The van der Waals surface area contributed by atoms with E-state index in [0.717, 1.165) is 11.3 Å². The first-order valence-electron chi connectivity index (χ1n) is 5.49. The Balaban J connectivity index is 2.04. The highest BCUT2D eigenvalue weighted by atomic mass is 35.5. The van der Waals surface area contributed by atoms with Crippen LogP contribution in [0.2, 0.25) is 10.0 Å². The second-order valence-corrected chi connectivity index (χ2v) is 5.53. The van der Waals surface area contributed by atoms with Crippen molar-refractivity contribution in [3.05, 3.63) is 60.9 Å². The third-order valence-corrected chi connectivity index (χ3v) is 3.80. The number of hydrogen-bond acceptors (Lipinski definition) is 5. The molecule has 1 N–H and O–H groups in total. The molecular formula is C12H7Cl2N3O3S. The van der Waals surface area contributed by atoms with Gasteiger partial charge in [0.1, 0.15) is 0 Å². The number of hydrogen-bond donors (Lipinski definition) is 1. The Hall–Kier alpha value is -1.96. The van der Waals surface area contributed by atoms with E-state index in [1.807, 2.05) is 0 Å².